The zero-order valence-corrected chi connectivity index (χ0v) is 26.0. The molecule has 40 heavy (non-hydrogen) atoms. The smallest absolute Gasteiger partial charge is 0.161 e. The minimum Gasteiger partial charge on any atom is -0.490 e. The first kappa shape index (κ1) is 32.3. The van der Waals surface area contributed by atoms with E-state index < -0.39 is 0 Å². The topological polar surface area (TPSA) is 18.5 Å². The van der Waals surface area contributed by atoms with Gasteiger partial charge >= 0.3 is 0 Å². The number of unbranched alkanes of at least 4 members (excludes halogenated alkanes) is 18. The Kier molecular flexibility index (Phi) is 16.7. The lowest BCUT2D eigenvalue weighted by atomic mass is 10.0. The van der Waals surface area contributed by atoms with Crippen LogP contribution in [0.15, 0.2) is 48.5 Å². The van der Waals surface area contributed by atoms with Crippen LogP contribution in [-0.2, 0) is 0 Å². The highest BCUT2D eigenvalue weighted by Gasteiger charge is 2.10. The minimum atomic E-state index is 0.768. The van der Waals surface area contributed by atoms with Crippen molar-refractivity contribution >= 4 is 21.5 Å². The zero-order valence-electron chi connectivity index (χ0n) is 26.0. The molecule has 0 N–H and O–H groups in total. The van der Waals surface area contributed by atoms with E-state index >= 15 is 0 Å². The summed E-state index contributed by atoms with van der Waals surface area (Å²) in [5, 5.41) is 5.00. The average molecular weight is 547 g/mol. The highest BCUT2D eigenvalue weighted by molar-refractivity contribution is 5.99. The van der Waals surface area contributed by atoms with Crippen LogP contribution in [-0.4, -0.2) is 13.2 Å². The second-order valence-electron chi connectivity index (χ2n) is 11.9. The highest BCUT2D eigenvalue weighted by atomic mass is 16.5. The molecular formula is C38H58O2. The summed E-state index contributed by atoms with van der Waals surface area (Å²) in [5.41, 5.74) is 0. The molecule has 0 aliphatic heterocycles. The van der Waals surface area contributed by atoms with Gasteiger partial charge in [0.25, 0.3) is 0 Å². The molecule has 3 rings (SSSR count). The van der Waals surface area contributed by atoms with Crippen molar-refractivity contribution < 1.29 is 9.47 Å². The maximum Gasteiger partial charge on any atom is 0.161 e. The van der Waals surface area contributed by atoms with Gasteiger partial charge < -0.3 is 9.47 Å². The number of ether oxygens (including phenoxy) is 2. The van der Waals surface area contributed by atoms with E-state index in [1.54, 1.807) is 0 Å². The molecule has 0 amide bonds. The third-order valence-electron chi connectivity index (χ3n) is 8.28. The van der Waals surface area contributed by atoms with Crippen molar-refractivity contribution in [2.75, 3.05) is 13.2 Å². The highest BCUT2D eigenvalue weighted by Crippen LogP contribution is 2.35. The predicted octanol–water partition coefficient (Wildman–Crippen LogP) is 12.6. The predicted molar refractivity (Wildman–Crippen MR) is 176 cm³/mol. The Hall–Kier alpha value is -2.22. The van der Waals surface area contributed by atoms with Gasteiger partial charge in [-0.3, -0.25) is 0 Å². The molecule has 3 aromatic rings. The van der Waals surface area contributed by atoms with Gasteiger partial charge in [0.15, 0.2) is 11.5 Å². The number of fused-ring (bicyclic) bond motifs is 2. The second kappa shape index (κ2) is 20.6. The molecule has 0 heterocycles. The summed E-state index contributed by atoms with van der Waals surface area (Å²) < 4.78 is 12.7. The van der Waals surface area contributed by atoms with Gasteiger partial charge in [0.2, 0.25) is 0 Å². The van der Waals surface area contributed by atoms with E-state index in [1.807, 2.05) is 0 Å². The standard InChI is InChI=1S/C38H58O2/c1-3-5-7-9-11-13-15-17-19-23-27-39-37-31-35-29-33-25-21-22-26-34(33)30-36(35)32-38(37)40-28-24-20-18-16-14-12-10-8-6-4-2/h21-22,25-26,29-32H,3-20,23-24,27-28H2,1-2H3. The Bertz CT molecular complexity index is 972. The van der Waals surface area contributed by atoms with E-state index in [2.05, 4.69) is 62.4 Å². The Labute approximate surface area is 246 Å². The quantitative estimate of drug-likeness (QED) is 0.0821. The summed E-state index contributed by atoms with van der Waals surface area (Å²) in [6.45, 7) is 6.11. The van der Waals surface area contributed by atoms with Crippen LogP contribution < -0.4 is 9.47 Å². The SMILES string of the molecule is CCCCCCCCCCCCOc1cc2cc3ccccc3cc2cc1OCCCCCCCCCCCC. The monoisotopic (exact) mass is 546 g/mol. The molecule has 0 fully saturated rings. The van der Waals surface area contributed by atoms with Crippen LogP contribution in [0, 0.1) is 0 Å². The molecule has 0 saturated heterocycles. The molecule has 0 bridgehead atoms. The van der Waals surface area contributed by atoms with Gasteiger partial charge in [0, 0.05) is 0 Å². The van der Waals surface area contributed by atoms with E-state index in [0.717, 1.165) is 37.6 Å². The van der Waals surface area contributed by atoms with Crippen molar-refractivity contribution in [1.29, 1.82) is 0 Å². The van der Waals surface area contributed by atoms with Crippen LogP contribution in [0.25, 0.3) is 21.5 Å². The van der Waals surface area contributed by atoms with Gasteiger partial charge in [-0.1, -0.05) is 154 Å². The second-order valence-corrected chi connectivity index (χ2v) is 11.9. The Balaban J connectivity index is 1.44. The van der Waals surface area contributed by atoms with Gasteiger partial charge in [0.1, 0.15) is 0 Å². The van der Waals surface area contributed by atoms with Crippen molar-refractivity contribution in [3.8, 4) is 11.5 Å². The average Bonchev–Trinajstić information content (AvgIpc) is 2.97. The molecule has 0 saturated carbocycles. The Morgan fingerprint density at radius 2 is 0.700 bits per heavy atom. The van der Waals surface area contributed by atoms with Crippen molar-refractivity contribution in [1.82, 2.24) is 0 Å². The van der Waals surface area contributed by atoms with E-state index in [1.165, 1.54) is 137 Å². The number of benzene rings is 3. The van der Waals surface area contributed by atoms with Gasteiger partial charge in [-0.15, -0.1) is 0 Å². The lowest BCUT2D eigenvalue weighted by Crippen LogP contribution is -2.03. The maximum atomic E-state index is 6.35. The fraction of sp³-hybridized carbons (Fsp3) is 0.632. The molecule has 222 valence electrons. The molecule has 2 nitrogen and oxygen atoms in total. The molecule has 0 aliphatic rings. The number of hydrogen-bond acceptors (Lipinski definition) is 2. The number of hydrogen-bond donors (Lipinski definition) is 0. The van der Waals surface area contributed by atoms with E-state index in [0.29, 0.717) is 0 Å². The van der Waals surface area contributed by atoms with Crippen molar-refractivity contribution in [2.45, 2.75) is 142 Å². The lowest BCUT2D eigenvalue weighted by molar-refractivity contribution is 0.259. The van der Waals surface area contributed by atoms with Crippen LogP contribution in [0.5, 0.6) is 11.5 Å². The molecule has 0 aromatic heterocycles. The summed E-state index contributed by atoms with van der Waals surface area (Å²) in [4.78, 5) is 0. The van der Waals surface area contributed by atoms with Crippen molar-refractivity contribution in [2.24, 2.45) is 0 Å². The summed E-state index contributed by atoms with van der Waals surface area (Å²) in [6.07, 6.45) is 26.8. The van der Waals surface area contributed by atoms with E-state index in [9.17, 15) is 0 Å². The first-order valence-electron chi connectivity index (χ1n) is 17.0. The molecule has 2 heteroatoms. The van der Waals surface area contributed by atoms with Crippen LogP contribution in [0.1, 0.15) is 142 Å². The van der Waals surface area contributed by atoms with Gasteiger partial charge in [-0.05, 0) is 58.7 Å². The molecule has 3 aromatic carbocycles. The fourth-order valence-electron chi connectivity index (χ4n) is 5.72. The van der Waals surface area contributed by atoms with E-state index in [-0.39, 0.29) is 0 Å². The minimum absolute atomic E-state index is 0.768. The number of rotatable bonds is 24. The molecule has 0 unspecified atom stereocenters. The summed E-state index contributed by atoms with van der Waals surface area (Å²) >= 11 is 0. The molecule has 0 atom stereocenters. The van der Waals surface area contributed by atoms with Crippen LogP contribution in [0.2, 0.25) is 0 Å². The zero-order chi connectivity index (χ0) is 28.1. The Morgan fingerprint density at radius 1 is 0.375 bits per heavy atom. The van der Waals surface area contributed by atoms with Crippen molar-refractivity contribution in [3.63, 3.8) is 0 Å². The molecule has 0 aliphatic carbocycles. The fourth-order valence-corrected chi connectivity index (χ4v) is 5.72. The molecule has 0 spiro atoms. The van der Waals surface area contributed by atoms with Crippen LogP contribution >= 0.6 is 0 Å². The first-order valence-corrected chi connectivity index (χ1v) is 17.0. The first-order chi connectivity index (χ1) is 19.8. The lowest BCUT2D eigenvalue weighted by Gasteiger charge is -2.15. The summed E-state index contributed by atoms with van der Waals surface area (Å²) in [5.74, 6) is 1.82. The van der Waals surface area contributed by atoms with Crippen molar-refractivity contribution in [3.05, 3.63) is 48.5 Å². The van der Waals surface area contributed by atoms with Crippen LogP contribution in [0.3, 0.4) is 0 Å². The Morgan fingerprint density at radius 3 is 1.05 bits per heavy atom. The van der Waals surface area contributed by atoms with Gasteiger partial charge in [-0.2, -0.15) is 0 Å². The third kappa shape index (κ3) is 12.5. The summed E-state index contributed by atoms with van der Waals surface area (Å²) in [7, 11) is 0. The normalized spacial score (nSPS) is 11.4. The van der Waals surface area contributed by atoms with E-state index in [4.69, 9.17) is 9.47 Å². The van der Waals surface area contributed by atoms with Gasteiger partial charge in [-0.25, -0.2) is 0 Å². The molecule has 0 radical (unpaired) electrons. The maximum absolute atomic E-state index is 6.35. The van der Waals surface area contributed by atoms with Gasteiger partial charge in [0.05, 0.1) is 13.2 Å². The largest absolute Gasteiger partial charge is 0.490 e. The molecular weight excluding hydrogens is 488 g/mol. The third-order valence-corrected chi connectivity index (χ3v) is 8.28. The summed E-state index contributed by atoms with van der Waals surface area (Å²) in [6, 6.07) is 17.6. The van der Waals surface area contributed by atoms with Crippen LogP contribution in [0.4, 0.5) is 0 Å².